The summed E-state index contributed by atoms with van der Waals surface area (Å²) < 4.78 is 11.2. The number of nitrogens with one attached hydrogen (secondary N) is 3. The van der Waals surface area contributed by atoms with Crippen molar-refractivity contribution in [1.82, 2.24) is 10.6 Å². The molecule has 0 aromatic heterocycles. The number of hydrogen-bond acceptors (Lipinski definition) is 4. The molecular weight excluding hydrogens is 358 g/mol. The van der Waals surface area contributed by atoms with E-state index in [1.165, 1.54) is 0 Å². The third-order valence-corrected chi connectivity index (χ3v) is 4.35. The van der Waals surface area contributed by atoms with Gasteiger partial charge in [0.1, 0.15) is 13.2 Å². The maximum Gasteiger partial charge on any atom is 0.319 e. The zero-order valence-corrected chi connectivity index (χ0v) is 16.0. The molecule has 0 aliphatic carbocycles. The molecule has 7 heteroatoms. The van der Waals surface area contributed by atoms with Gasteiger partial charge in [0.2, 0.25) is 5.91 Å². The number of amides is 3. The zero-order chi connectivity index (χ0) is 19.9. The lowest BCUT2D eigenvalue weighted by atomic mass is 9.95. The molecule has 3 rings (SSSR count). The lowest BCUT2D eigenvalue weighted by Gasteiger charge is -2.25. The first-order valence-electron chi connectivity index (χ1n) is 9.32. The summed E-state index contributed by atoms with van der Waals surface area (Å²) in [5.74, 6) is 1.29. The largest absolute Gasteiger partial charge is 0.486 e. The topological polar surface area (TPSA) is 88.7 Å². The maximum atomic E-state index is 12.4. The number of urea groups is 1. The molecule has 0 saturated carbocycles. The predicted molar refractivity (Wildman–Crippen MR) is 107 cm³/mol. The summed E-state index contributed by atoms with van der Waals surface area (Å²) in [5, 5.41) is 8.23. The fraction of sp³-hybridized carbons (Fsp3) is 0.333. The van der Waals surface area contributed by atoms with Crippen molar-refractivity contribution in [3.8, 4) is 11.5 Å². The van der Waals surface area contributed by atoms with Gasteiger partial charge < -0.3 is 25.4 Å². The second kappa shape index (κ2) is 9.12. The summed E-state index contributed by atoms with van der Waals surface area (Å²) in [4.78, 5) is 24.3. The number of fused-ring (bicyclic) bond motifs is 1. The van der Waals surface area contributed by atoms with Crippen molar-refractivity contribution >= 4 is 17.6 Å². The van der Waals surface area contributed by atoms with Crippen LogP contribution in [-0.4, -0.2) is 31.7 Å². The molecule has 0 unspecified atom stereocenters. The van der Waals surface area contributed by atoms with Crippen LogP contribution in [0.1, 0.15) is 25.5 Å². The highest BCUT2D eigenvalue weighted by atomic mass is 16.6. The highest BCUT2D eigenvalue weighted by Crippen LogP contribution is 2.34. The first-order valence-corrected chi connectivity index (χ1v) is 9.32. The Labute approximate surface area is 164 Å². The summed E-state index contributed by atoms with van der Waals surface area (Å²) in [6.45, 7) is 4.98. The number of carbonyl (C=O) groups is 2. The van der Waals surface area contributed by atoms with E-state index < -0.39 is 6.03 Å². The molecule has 0 spiro atoms. The molecule has 0 fully saturated rings. The Bertz CT molecular complexity index is 824. The van der Waals surface area contributed by atoms with E-state index in [-0.39, 0.29) is 24.4 Å². The van der Waals surface area contributed by atoms with Crippen LogP contribution in [0.15, 0.2) is 48.5 Å². The average Bonchev–Trinajstić information content (AvgIpc) is 2.70. The maximum absolute atomic E-state index is 12.4. The smallest absolute Gasteiger partial charge is 0.319 e. The van der Waals surface area contributed by atoms with Crippen LogP contribution in [0.25, 0.3) is 0 Å². The number of benzene rings is 2. The summed E-state index contributed by atoms with van der Waals surface area (Å²) in [6.07, 6.45) is 0. The molecule has 1 atom stereocenters. The summed E-state index contributed by atoms with van der Waals surface area (Å²) in [7, 11) is 0. The lowest BCUT2D eigenvalue weighted by Crippen LogP contribution is -2.41. The standard InChI is InChI=1S/C21H25N3O4/c1-14(2)20(15-8-9-17-18(12-15)28-11-10-27-17)24-19(25)13-22-21(26)23-16-6-4-3-5-7-16/h3-9,12,14,20H,10-11,13H2,1-2H3,(H,24,25)(H2,22,23,26)/t20-/m0/s1. The van der Waals surface area contributed by atoms with Gasteiger partial charge in [-0.2, -0.15) is 0 Å². The Kier molecular flexibility index (Phi) is 6.37. The number of rotatable bonds is 6. The molecule has 3 N–H and O–H groups in total. The Morgan fingerprint density at radius 2 is 1.71 bits per heavy atom. The molecule has 148 valence electrons. The summed E-state index contributed by atoms with van der Waals surface area (Å²) in [6, 6.07) is 14.1. The third kappa shape index (κ3) is 5.16. The minimum Gasteiger partial charge on any atom is -0.486 e. The van der Waals surface area contributed by atoms with Gasteiger partial charge in [-0.05, 0) is 35.7 Å². The molecule has 0 radical (unpaired) electrons. The molecule has 3 amide bonds. The van der Waals surface area contributed by atoms with Crippen molar-refractivity contribution in [2.45, 2.75) is 19.9 Å². The molecule has 0 saturated heterocycles. The highest BCUT2D eigenvalue weighted by molar-refractivity contribution is 5.92. The van der Waals surface area contributed by atoms with Gasteiger partial charge >= 0.3 is 6.03 Å². The van der Waals surface area contributed by atoms with E-state index in [0.717, 1.165) is 5.56 Å². The Balaban J connectivity index is 1.56. The molecule has 7 nitrogen and oxygen atoms in total. The van der Waals surface area contributed by atoms with Crippen LogP contribution in [0, 0.1) is 5.92 Å². The summed E-state index contributed by atoms with van der Waals surface area (Å²) in [5.41, 5.74) is 1.60. The monoisotopic (exact) mass is 383 g/mol. The zero-order valence-electron chi connectivity index (χ0n) is 16.0. The van der Waals surface area contributed by atoms with Crippen molar-refractivity contribution in [1.29, 1.82) is 0 Å². The molecule has 1 heterocycles. The van der Waals surface area contributed by atoms with Gasteiger partial charge in [0.05, 0.1) is 12.6 Å². The Morgan fingerprint density at radius 3 is 2.43 bits per heavy atom. The normalized spacial score (nSPS) is 13.5. The fourth-order valence-electron chi connectivity index (χ4n) is 2.97. The van der Waals surface area contributed by atoms with Crippen molar-refractivity contribution in [2.75, 3.05) is 25.1 Å². The van der Waals surface area contributed by atoms with E-state index in [1.807, 2.05) is 50.2 Å². The first-order chi connectivity index (χ1) is 13.5. The second-order valence-corrected chi connectivity index (χ2v) is 6.87. The van der Waals surface area contributed by atoms with Crippen molar-refractivity contribution in [3.63, 3.8) is 0 Å². The van der Waals surface area contributed by atoms with Crippen molar-refractivity contribution in [3.05, 3.63) is 54.1 Å². The predicted octanol–water partition coefficient (Wildman–Crippen LogP) is 3.09. The van der Waals surface area contributed by atoms with E-state index in [0.29, 0.717) is 30.4 Å². The van der Waals surface area contributed by atoms with Gasteiger partial charge in [-0.3, -0.25) is 4.79 Å². The molecule has 2 aromatic carbocycles. The first kappa shape index (κ1) is 19.5. The van der Waals surface area contributed by atoms with Crippen molar-refractivity contribution in [2.24, 2.45) is 5.92 Å². The fourth-order valence-corrected chi connectivity index (χ4v) is 2.97. The van der Waals surface area contributed by atoms with E-state index in [2.05, 4.69) is 16.0 Å². The number of hydrogen-bond donors (Lipinski definition) is 3. The van der Waals surface area contributed by atoms with E-state index in [4.69, 9.17) is 9.47 Å². The number of para-hydroxylation sites is 1. The van der Waals surface area contributed by atoms with E-state index in [1.54, 1.807) is 12.1 Å². The molecule has 1 aliphatic heterocycles. The summed E-state index contributed by atoms with van der Waals surface area (Å²) >= 11 is 0. The molecule has 28 heavy (non-hydrogen) atoms. The van der Waals surface area contributed by atoms with Crippen LogP contribution in [0.3, 0.4) is 0 Å². The molecule has 1 aliphatic rings. The van der Waals surface area contributed by atoms with Crippen molar-refractivity contribution < 1.29 is 19.1 Å². The third-order valence-electron chi connectivity index (χ3n) is 4.35. The lowest BCUT2D eigenvalue weighted by molar-refractivity contribution is -0.121. The SMILES string of the molecule is CC(C)[C@H](NC(=O)CNC(=O)Nc1ccccc1)c1ccc2c(c1)OCCO2. The Hall–Kier alpha value is -3.22. The van der Waals surface area contributed by atoms with E-state index >= 15 is 0 Å². The average molecular weight is 383 g/mol. The quantitative estimate of drug-likeness (QED) is 0.715. The highest BCUT2D eigenvalue weighted by Gasteiger charge is 2.21. The van der Waals surface area contributed by atoms with Gasteiger partial charge in [-0.25, -0.2) is 4.79 Å². The van der Waals surface area contributed by atoms with Gasteiger partial charge in [-0.15, -0.1) is 0 Å². The van der Waals surface area contributed by atoms with Gasteiger partial charge in [0.25, 0.3) is 0 Å². The van der Waals surface area contributed by atoms with Gasteiger partial charge in [0.15, 0.2) is 11.5 Å². The molecule has 2 aromatic rings. The van der Waals surface area contributed by atoms with Crippen LogP contribution in [0.5, 0.6) is 11.5 Å². The number of anilines is 1. The minimum absolute atomic E-state index is 0.119. The van der Waals surface area contributed by atoms with Crippen LogP contribution in [0.2, 0.25) is 0 Å². The second-order valence-electron chi connectivity index (χ2n) is 6.87. The van der Waals surface area contributed by atoms with Crippen LogP contribution >= 0.6 is 0 Å². The van der Waals surface area contributed by atoms with Crippen LogP contribution in [0.4, 0.5) is 10.5 Å². The van der Waals surface area contributed by atoms with Crippen LogP contribution in [-0.2, 0) is 4.79 Å². The van der Waals surface area contributed by atoms with Gasteiger partial charge in [-0.1, -0.05) is 38.1 Å². The van der Waals surface area contributed by atoms with Gasteiger partial charge in [0, 0.05) is 5.69 Å². The van der Waals surface area contributed by atoms with Crippen LogP contribution < -0.4 is 25.4 Å². The molecular formula is C21H25N3O4. The number of ether oxygens (including phenoxy) is 2. The Morgan fingerprint density at radius 1 is 1.00 bits per heavy atom. The van der Waals surface area contributed by atoms with E-state index in [9.17, 15) is 9.59 Å². The molecule has 0 bridgehead atoms. The minimum atomic E-state index is -0.429. The number of carbonyl (C=O) groups excluding carboxylic acids is 2.